The molecule has 2 aliphatic rings. The Kier molecular flexibility index (Phi) is 3.39. The summed E-state index contributed by atoms with van der Waals surface area (Å²) in [5, 5.41) is 12.5. The first-order valence-electron chi connectivity index (χ1n) is 7.11. The first kappa shape index (κ1) is 12.4. The average Bonchev–Trinajstić information content (AvgIpc) is 2.40. The third-order valence-corrected chi connectivity index (χ3v) is 4.59. The van der Waals surface area contributed by atoms with E-state index in [4.69, 9.17) is 5.26 Å². The van der Waals surface area contributed by atoms with Crippen molar-refractivity contribution in [2.45, 2.75) is 50.2 Å². The predicted octanol–water partition coefficient (Wildman–Crippen LogP) is 2.38. The number of rotatable bonds is 2. The van der Waals surface area contributed by atoms with Crippen molar-refractivity contribution in [3.63, 3.8) is 0 Å². The molecule has 1 aromatic heterocycles. The van der Waals surface area contributed by atoms with E-state index in [0.29, 0.717) is 11.7 Å². The first-order valence-corrected chi connectivity index (χ1v) is 7.11. The Labute approximate surface area is 114 Å². The van der Waals surface area contributed by atoms with Crippen LogP contribution in [0.2, 0.25) is 0 Å². The topological polar surface area (TPSA) is 52.0 Å². The molecule has 0 radical (unpaired) electrons. The molecule has 0 aliphatic carbocycles. The minimum atomic E-state index is 0.484. The number of hydrogen-bond acceptors (Lipinski definition) is 4. The Morgan fingerprint density at radius 3 is 2.79 bits per heavy atom. The minimum Gasteiger partial charge on any atom is -0.382 e. The van der Waals surface area contributed by atoms with Crippen molar-refractivity contribution in [3.8, 4) is 6.07 Å². The zero-order valence-electron chi connectivity index (χ0n) is 11.3. The zero-order chi connectivity index (χ0) is 13.2. The number of hydrogen-bond donors (Lipinski definition) is 1. The second-order valence-corrected chi connectivity index (χ2v) is 5.76. The standard InChI is InChI=1S/C15H20N4/c1-19-14-3-2-4-15(19)9-12(8-14)18-11-5-6-17-13(7-11)10-16/h5-7,12,14-15H,2-4,8-9H2,1H3,(H,17,18). The molecule has 4 heteroatoms. The molecule has 0 saturated carbocycles. The molecule has 100 valence electrons. The number of fused-ring (bicyclic) bond motifs is 2. The van der Waals surface area contributed by atoms with Crippen LogP contribution in [0.25, 0.3) is 0 Å². The van der Waals surface area contributed by atoms with Crippen LogP contribution >= 0.6 is 0 Å². The van der Waals surface area contributed by atoms with E-state index in [-0.39, 0.29) is 0 Å². The van der Waals surface area contributed by atoms with Gasteiger partial charge in [-0.25, -0.2) is 4.98 Å². The fraction of sp³-hybridized carbons (Fsp3) is 0.600. The van der Waals surface area contributed by atoms with Gasteiger partial charge in [-0.1, -0.05) is 6.42 Å². The molecule has 1 N–H and O–H groups in total. The van der Waals surface area contributed by atoms with E-state index in [1.165, 1.54) is 32.1 Å². The number of aromatic nitrogens is 1. The van der Waals surface area contributed by atoms with E-state index in [0.717, 1.165) is 17.8 Å². The van der Waals surface area contributed by atoms with Crippen LogP contribution in [0.5, 0.6) is 0 Å². The Hall–Kier alpha value is -1.60. The van der Waals surface area contributed by atoms with Crippen molar-refractivity contribution >= 4 is 5.69 Å². The molecule has 19 heavy (non-hydrogen) atoms. The molecule has 2 saturated heterocycles. The van der Waals surface area contributed by atoms with Crippen molar-refractivity contribution in [1.82, 2.24) is 9.88 Å². The summed E-state index contributed by atoms with van der Waals surface area (Å²) < 4.78 is 0. The van der Waals surface area contributed by atoms with Crippen molar-refractivity contribution < 1.29 is 0 Å². The van der Waals surface area contributed by atoms with E-state index in [9.17, 15) is 0 Å². The summed E-state index contributed by atoms with van der Waals surface area (Å²) in [5.74, 6) is 0. The summed E-state index contributed by atoms with van der Waals surface area (Å²) in [6, 6.07) is 7.86. The lowest BCUT2D eigenvalue weighted by molar-refractivity contribution is 0.0608. The summed E-state index contributed by atoms with van der Waals surface area (Å²) in [5.41, 5.74) is 1.51. The molecule has 0 spiro atoms. The van der Waals surface area contributed by atoms with Gasteiger partial charge in [0.1, 0.15) is 11.8 Å². The van der Waals surface area contributed by atoms with Crippen LogP contribution in [-0.4, -0.2) is 35.1 Å². The van der Waals surface area contributed by atoms with Crippen molar-refractivity contribution in [2.75, 3.05) is 12.4 Å². The van der Waals surface area contributed by atoms with E-state index in [2.05, 4.69) is 28.3 Å². The summed E-state index contributed by atoms with van der Waals surface area (Å²) in [4.78, 5) is 6.58. The Bertz CT molecular complexity index is 479. The molecule has 3 heterocycles. The summed E-state index contributed by atoms with van der Waals surface area (Å²) >= 11 is 0. The summed E-state index contributed by atoms with van der Waals surface area (Å²) in [6.45, 7) is 0. The molecule has 3 rings (SSSR count). The van der Waals surface area contributed by atoms with Gasteiger partial charge < -0.3 is 10.2 Å². The molecule has 2 aliphatic heterocycles. The van der Waals surface area contributed by atoms with Crippen molar-refractivity contribution in [2.24, 2.45) is 0 Å². The number of anilines is 1. The van der Waals surface area contributed by atoms with Gasteiger partial charge in [0.2, 0.25) is 0 Å². The fourth-order valence-electron chi connectivity index (χ4n) is 3.55. The molecular weight excluding hydrogens is 236 g/mol. The highest BCUT2D eigenvalue weighted by Gasteiger charge is 2.35. The molecule has 2 bridgehead atoms. The lowest BCUT2D eigenvalue weighted by atomic mass is 9.82. The van der Waals surface area contributed by atoms with Gasteiger partial charge in [0.05, 0.1) is 0 Å². The quantitative estimate of drug-likeness (QED) is 0.882. The van der Waals surface area contributed by atoms with Gasteiger partial charge in [-0.05, 0) is 44.9 Å². The lowest BCUT2D eigenvalue weighted by Gasteiger charge is -2.47. The third-order valence-electron chi connectivity index (χ3n) is 4.59. The molecule has 0 aromatic carbocycles. The van der Waals surface area contributed by atoms with Gasteiger partial charge in [0.15, 0.2) is 0 Å². The van der Waals surface area contributed by atoms with E-state index in [1.54, 1.807) is 6.20 Å². The monoisotopic (exact) mass is 256 g/mol. The largest absolute Gasteiger partial charge is 0.382 e. The highest BCUT2D eigenvalue weighted by atomic mass is 15.2. The number of nitrogens with one attached hydrogen (secondary N) is 1. The maximum atomic E-state index is 8.89. The number of nitriles is 1. The first-order chi connectivity index (χ1) is 9.26. The predicted molar refractivity (Wildman–Crippen MR) is 74.8 cm³/mol. The van der Waals surface area contributed by atoms with Gasteiger partial charge in [0, 0.05) is 30.0 Å². The van der Waals surface area contributed by atoms with Crippen LogP contribution < -0.4 is 5.32 Å². The van der Waals surface area contributed by atoms with Crippen molar-refractivity contribution in [1.29, 1.82) is 5.26 Å². The van der Waals surface area contributed by atoms with Gasteiger partial charge >= 0.3 is 0 Å². The molecule has 2 unspecified atom stereocenters. The molecule has 4 nitrogen and oxygen atoms in total. The second kappa shape index (κ2) is 5.18. The smallest absolute Gasteiger partial charge is 0.142 e. The average molecular weight is 256 g/mol. The number of nitrogens with zero attached hydrogens (tertiary/aromatic N) is 3. The van der Waals surface area contributed by atoms with Gasteiger partial charge in [0.25, 0.3) is 0 Å². The Morgan fingerprint density at radius 1 is 1.37 bits per heavy atom. The maximum absolute atomic E-state index is 8.89. The molecular formula is C15H20N4. The van der Waals surface area contributed by atoms with Crippen LogP contribution in [0.3, 0.4) is 0 Å². The van der Waals surface area contributed by atoms with E-state index >= 15 is 0 Å². The summed E-state index contributed by atoms with van der Waals surface area (Å²) in [6.07, 6.45) is 8.14. The molecule has 2 fully saturated rings. The van der Waals surface area contributed by atoms with Crippen LogP contribution in [0.4, 0.5) is 5.69 Å². The second-order valence-electron chi connectivity index (χ2n) is 5.76. The Morgan fingerprint density at radius 2 is 2.11 bits per heavy atom. The zero-order valence-corrected chi connectivity index (χ0v) is 11.3. The highest BCUT2D eigenvalue weighted by Crippen LogP contribution is 2.33. The van der Waals surface area contributed by atoms with Crippen LogP contribution in [0, 0.1) is 11.3 Å². The molecule has 2 atom stereocenters. The van der Waals surface area contributed by atoms with Crippen LogP contribution in [0.1, 0.15) is 37.8 Å². The normalized spacial score (nSPS) is 30.6. The van der Waals surface area contributed by atoms with Crippen molar-refractivity contribution in [3.05, 3.63) is 24.0 Å². The number of pyridine rings is 1. The van der Waals surface area contributed by atoms with E-state index in [1.807, 2.05) is 12.1 Å². The lowest BCUT2D eigenvalue weighted by Crippen LogP contribution is -2.52. The molecule has 0 amide bonds. The SMILES string of the molecule is CN1C2CCCC1CC(Nc1ccnc(C#N)c1)C2. The minimum absolute atomic E-state index is 0.484. The maximum Gasteiger partial charge on any atom is 0.142 e. The van der Waals surface area contributed by atoms with Gasteiger partial charge in [-0.15, -0.1) is 0 Å². The summed E-state index contributed by atoms with van der Waals surface area (Å²) in [7, 11) is 2.27. The van der Waals surface area contributed by atoms with Gasteiger partial charge in [-0.2, -0.15) is 5.26 Å². The third kappa shape index (κ3) is 2.57. The Balaban J connectivity index is 1.69. The fourth-order valence-corrected chi connectivity index (χ4v) is 3.55. The van der Waals surface area contributed by atoms with Gasteiger partial charge in [-0.3, -0.25) is 0 Å². The van der Waals surface area contributed by atoms with Crippen LogP contribution in [-0.2, 0) is 0 Å². The molecule has 1 aromatic rings. The van der Waals surface area contributed by atoms with E-state index < -0.39 is 0 Å². The highest BCUT2D eigenvalue weighted by molar-refractivity contribution is 5.46. The van der Waals surface area contributed by atoms with Crippen LogP contribution in [0.15, 0.2) is 18.3 Å². The number of piperidine rings is 2.